The van der Waals surface area contributed by atoms with E-state index in [-0.39, 0.29) is 0 Å². The largest absolute Gasteiger partial charge is 0.478 e. The van der Waals surface area contributed by atoms with Crippen LogP contribution in [0.15, 0.2) is 24.8 Å². The lowest BCUT2D eigenvalue weighted by molar-refractivity contribution is -0.133. The summed E-state index contributed by atoms with van der Waals surface area (Å²) in [6, 6.07) is 0. The van der Waals surface area contributed by atoms with E-state index in [1.54, 1.807) is 0 Å². The van der Waals surface area contributed by atoms with Crippen molar-refractivity contribution in [1.29, 1.82) is 0 Å². The maximum Gasteiger partial charge on any atom is 0.330 e. The summed E-state index contributed by atoms with van der Waals surface area (Å²) < 4.78 is 0. The Morgan fingerprint density at radius 2 is 1.25 bits per heavy atom. The topological polar surface area (TPSA) is 74.6 Å². The molecule has 24 heavy (non-hydrogen) atoms. The Labute approximate surface area is 147 Å². The summed E-state index contributed by atoms with van der Waals surface area (Å²) in [7, 11) is 0. The van der Waals surface area contributed by atoms with Gasteiger partial charge in [0, 0.05) is 11.6 Å². The molecule has 0 aromatic rings. The van der Waals surface area contributed by atoms with Crippen LogP contribution in [-0.4, -0.2) is 22.2 Å². The van der Waals surface area contributed by atoms with Gasteiger partial charge in [-0.05, 0) is 18.8 Å². The highest BCUT2D eigenvalue weighted by molar-refractivity contribution is 5.85. The normalized spacial score (nSPS) is 9.96. The number of hydrogen-bond donors (Lipinski definition) is 2. The van der Waals surface area contributed by atoms with Gasteiger partial charge in [-0.1, -0.05) is 84.8 Å². The minimum Gasteiger partial charge on any atom is -0.478 e. The van der Waals surface area contributed by atoms with Crippen molar-refractivity contribution in [3.63, 3.8) is 0 Å². The average Bonchev–Trinajstić information content (AvgIpc) is 2.52. The summed E-state index contributed by atoms with van der Waals surface area (Å²) in [5.74, 6) is -0.980. The van der Waals surface area contributed by atoms with Gasteiger partial charge in [0.1, 0.15) is 0 Å². The van der Waals surface area contributed by atoms with E-state index in [4.69, 9.17) is 10.2 Å². The fraction of sp³-hybridized carbons (Fsp3) is 0.700. The molecule has 4 heteroatoms. The van der Waals surface area contributed by atoms with Crippen LogP contribution in [0.1, 0.15) is 84.5 Å². The summed E-state index contributed by atoms with van der Waals surface area (Å²) >= 11 is 0. The Balaban J connectivity index is 0. The van der Waals surface area contributed by atoms with Crippen LogP contribution in [-0.2, 0) is 9.59 Å². The zero-order valence-corrected chi connectivity index (χ0v) is 15.6. The highest BCUT2D eigenvalue weighted by Crippen LogP contribution is 2.14. The first kappa shape index (κ1) is 24.7. The van der Waals surface area contributed by atoms with Crippen molar-refractivity contribution >= 4 is 11.9 Å². The monoisotopic (exact) mass is 340 g/mol. The lowest BCUT2D eigenvalue weighted by atomic mass is 10.0. The number of carbonyl (C=O) groups is 2. The molecule has 0 heterocycles. The van der Waals surface area contributed by atoms with Crippen LogP contribution in [0.2, 0.25) is 0 Å². The van der Waals surface area contributed by atoms with E-state index in [1.165, 1.54) is 51.4 Å². The first-order valence-electron chi connectivity index (χ1n) is 9.07. The quantitative estimate of drug-likeness (QED) is 0.308. The minimum absolute atomic E-state index is 0.352. The number of aliphatic carboxylic acids is 2. The third-order valence-corrected chi connectivity index (χ3v) is 3.74. The Hall–Kier alpha value is -1.58. The van der Waals surface area contributed by atoms with Crippen LogP contribution >= 0.6 is 0 Å². The lowest BCUT2D eigenvalue weighted by Gasteiger charge is -2.04. The van der Waals surface area contributed by atoms with Crippen molar-refractivity contribution in [1.82, 2.24) is 0 Å². The lowest BCUT2D eigenvalue weighted by Crippen LogP contribution is -1.98. The second kappa shape index (κ2) is 17.8. The van der Waals surface area contributed by atoms with E-state index in [0.29, 0.717) is 12.0 Å². The molecule has 0 unspecified atom stereocenters. The van der Waals surface area contributed by atoms with Gasteiger partial charge in [0.2, 0.25) is 0 Å². The zero-order valence-electron chi connectivity index (χ0n) is 15.6. The van der Waals surface area contributed by atoms with Crippen molar-refractivity contribution < 1.29 is 19.8 Å². The smallest absolute Gasteiger partial charge is 0.330 e. The van der Waals surface area contributed by atoms with Crippen molar-refractivity contribution in [2.75, 3.05) is 0 Å². The molecule has 0 spiro atoms. The van der Waals surface area contributed by atoms with Crippen molar-refractivity contribution in [2.24, 2.45) is 5.92 Å². The molecule has 0 aliphatic rings. The molecule has 0 radical (unpaired) electrons. The third kappa shape index (κ3) is 22.7. The fourth-order valence-corrected chi connectivity index (χ4v) is 2.24. The van der Waals surface area contributed by atoms with E-state index in [9.17, 15) is 9.59 Å². The number of unbranched alkanes of at least 4 members (excludes halogenated alkanes) is 8. The van der Waals surface area contributed by atoms with Gasteiger partial charge in [0.25, 0.3) is 0 Å². The number of rotatable bonds is 14. The van der Waals surface area contributed by atoms with Gasteiger partial charge >= 0.3 is 11.9 Å². The van der Waals surface area contributed by atoms with Crippen LogP contribution in [0.4, 0.5) is 0 Å². The Morgan fingerprint density at radius 1 is 0.875 bits per heavy atom. The predicted molar refractivity (Wildman–Crippen MR) is 100 cm³/mol. The standard InChI is InChI=1S/C17H32O2.C3H4O2/c1-15(2)13-11-9-7-5-4-6-8-10-12-14-16(3)17(18)19;1-2-3(4)5/h15H,3-14H2,1-2H3,(H,18,19);2H,1H2,(H,4,5). The third-order valence-electron chi connectivity index (χ3n) is 3.74. The molecule has 0 fully saturated rings. The summed E-state index contributed by atoms with van der Waals surface area (Å²) in [5.41, 5.74) is 0.352. The molecule has 0 bridgehead atoms. The molecule has 4 nitrogen and oxygen atoms in total. The van der Waals surface area contributed by atoms with Crippen LogP contribution in [0.3, 0.4) is 0 Å². The molecule has 2 N–H and O–H groups in total. The Bertz CT molecular complexity index is 359. The molecule has 0 rings (SSSR count). The summed E-state index contributed by atoms with van der Waals surface area (Å²) in [6.07, 6.45) is 14.3. The molecule has 140 valence electrons. The van der Waals surface area contributed by atoms with Gasteiger partial charge < -0.3 is 10.2 Å². The number of hydrogen-bond acceptors (Lipinski definition) is 2. The SMILES string of the molecule is C=C(CCCCCCCCCCCC(C)C)C(=O)O.C=CC(=O)O. The second-order valence-electron chi connectivity index (χ2n) is 6.57. The number of carboxylic acid groups (broad SMARTS) is 2. The van der Waals surface area contributed by atoms with Crippen LogP contribution in [0.25, 0.3) is 0 Å². The first-order chi connectivity index (χ1) is 11.3. The molecular weight excluding hydrogens is 304 g/mol. The highest BCUT2D eigenvalue weighted by Gasteiger charge is 2.02. The Kier molecular flexibility index (Phi) is 18.3. The van der Waals surface area contributed by atoms with E-state index in [2.05, 4.69) is 27.0 Å². The Morgan fingerprint density at radius 3 is 1.58 bits per heavy atom. The van der Waals surface area contributed by atoms with Crippen LogP contribution in [0.5, 0.6) is 0 Å². The first-order valence-corrected chi connectivity index (χ1v) is 9.07. The molecule has 0 atom stereocenters. The van der Waals surface area contributed by atoms with Crippen LogP contribution < -0.4 is 0 Å². The minimum atomic E-state index is -0.981. The average molecular weight is 341 g/mol. The summed E-state index contributed by atoms with van der Waals surface area (Å²) in [6.45, 7) is 11.1. The summed E-state index contributed by atoms with van der Waals surface area (Å²) in [4.78, 5) is 19.8. The van der Waals surface area contributed by atoms with E-state index in [1.807, 2.05) is 0 Å². The predicted octanol–water partition coefficient (Wildman–Crippen LogP) is 5.83. The second-order valence-corrected chi connectivity index (χ2v) is 6.57. The molecule has 0 aliphatic carbocycles. The highest BCUT2D eigenvalue weighted by atomic mass is 16.4. The van der Waals surface area contributed by atoms with Crippen molar-refractivity contribution in [2.45, 2.75) is 84.5 Å². The molecule has 0 saturated carbocycles. The van der Waals surface area contributed by atoms with E-state index < -0.39 is 11.9 Å². The molecule has 0 aliphatic heterocycles. The van der Waals surface area contributed by atoms with Gasteiger partial charge in [0.15, 0.2) is 0 Å². The van der Waals surface area contributed by atoms with Crippen LogP contribution in [0, 0.1) is 5.92 Å². The fourth-order valence-electron chi connectivity index (χ4n) is 2.24. The molecule has 0 amide bonds. The molecular formula is C20H36O4. The van der Waals surface area contributed by atoms with Crippen molar-refractivity contribution in [3.8, 4) is 0 Å². The molecule has 0 aromatic carbocycles. The maximum absolute atomic E-state index is 10.5. The van der Waals surface area contributed by atoms with Gasteiger partial charge in [-0.3, -0.25) is 0 Å². The van der Waals surface area contributed by atoms with Gasteiger partial charge in [-0.25, -0.2) is 9.59 Å². The zero-order chi connectivity index (χ0) is 18.8. The molecule has 0 saturated heterocycles. The van der Waals surface area contributed by atoms with E-state index in [0.717, 1.165) is 24.8 Å². The van der Waals surface area contributed by atoms with E-state index >= 15 is 0 Å². The van der Waals surface area contributed by atoms with Gasteiger partial charge in [-0.15, -0.1) is 0 Å². The van der Waals surface area contributed by atoms with Crippen molar-refractivity contribution in [3.05, 3.63) is 24.8 Å². The summed E-state index contributed by atoms with van der Waals surface area (Å²) in [5, 5.41) is 16.3. The van der Waals surface area contributed by atoms with Gasteiger partial charge in [0.05, 0.1) is 0 Å². The van der Waals surface area contributed by atoms with Gasteiger partial charge in [-0.2, -0.15) is 0 Å². The number of carboxylic acids is 2. The molecule has 0 aromatic heterocycles. The maximum atomic E-state index is 10.5.